The van der Waals surface area contributed by atoms with Gasteiger partial charge in [-0.3, -0.25) is 4.79 Å². The van der Waals surface area contributed by atoms with Crippen molar-refractivity contribution >= 4 is 0 Å². The fourth-order valence-corrected chi connectivity index (χ4v) is 1.08. The first-order chi connectivity index (χ1) is 7.95. The van der Waals surface area contributed by atoms with Gasteiger partial charge in [-0.1, -0.05) is 6.08 Å². The predicted octanol–water partition coefficient (Wildman–Crippen LogP) is 1.46. The van der Waals surface area contributed by atoms with E-state index in [9.17, 15) is 18.0 Å². The zero-order valence-corrected chi connectivity index (χ0v) is 8.91. The van der Waals surface area contributed by atoms with Gasteiger partial charge < -0.3 is 4.74 Å². The Kier molecular flexibility index (Phi) is 4.45. The summed E-state index contributed by atoms with van der Waals surface area (Å²) < 4.78 is 42.7. The van der Waals surface area contributed by atoms with E-state index >= 15 is 0 Å². The Bertz CT molecular complexity index is 440. The first-order valence-corrected chi connectivity index (χ1v) is 4.79. The van der Waals surface area contributed by atoms with Crippen molar-refractivity contribution in [3.8, 4) is 0 Å². The lowest BCUT2D eigenvalue weighted by Gasteiger charge is -2.09. The van der Waals surface area contributed by atoms with Crippen LogP contribution in [-0.4, -0.2) is 23.0 Å². The van der Waals surface area contributed by atoms with Crippen molar-refractivity contribution in [3.05, 3.63) is 40.8 Å². The third-order valence-electron chi connectivity index (χ3n) is 1.84. The summed E-state index contributed by atoms with van der Waals surface area (Å²) in [5, 5.41) is 3.21. The van der Waals surface area contributed by atoms with Crippen LogP contribution in [0.15, 0.2) is 29.6 Å². The van der Waals surface area contributed by atoms with Gasteiger partial charge in [-0.15, -0.1) is 6.58 Å². The molecule has 1 aromatic rings. The topological polar surface area (TPSA) is 44.1 Å². The van der Waals surface area contributed by atoms with Crippen LogP contribution < -0.4 is 5.56 Å². The standard InChI is InChI=1S/C10H11F3N2O2/c1-2-6-17-7-5-15-9(16)4-3-8(14-15)10(11,12)13/h2-4H,1,5-7H2. The maximum Gasteiger partial charge on any atom is 0.435 e. The molecule has 0 atom stereocenters. The van der Waals surface area contributed by atoms with Crippen LogP contribution in [0.2, 0.25) is 0 Å². The molecule has 0 bridgehead atoms. The smallest absolute Gasteiger partial charge is 0.375 e. The number of halogens is 3. The summed E-state index contributed by atoms with van der Waals surface area (Å²) >= 11 is 0. The molecule has 1 rings (SSSR count). The Morgan fingerprint density at radius 2 is 2.18 bits per heavy atom. The van der Waals surface area contributed by atoms with E-state index in [0.29, 0.717) is 6.07 Å². The predicted molar refractivity (Wildman–Crippen MR) is 54.5 cm³/mol. The van der Waals surface area contributed by atoms with Gasteiger partial charge in [0.15, 0.2) is 5.69 Å². The van der Waals surface area contributed by atoms with Crippen LogP contribution in [0.5, 0.6) is 0 Å². The van der Waals surface area contributed by atoms with Crippen molar-refractivity contribution in [2.45, 2.75) is 12.7 Å². The average Bonchev–Trinajstić information content (AvgIpc) is 2.25. The number of ether oxygens (including phenoxy) is 1. The highest BCUT2D eigenvalue weighted by molar-refractivity contribution is 5.04. The summed E-state index contributed by atoms with van der Waals surface area (Å²) in [6.45, 7) is 3.75. The third kappa shape index (κ3) is 4.03. The summed E-state index contributed by atoms with van der Waals surface area (Å²) in [5.41, 5.74) is -1.69. The van der Waals surface area contributed by atoms with Crippen molar-refractivity contribution in [2.24, 2.45) is 0 Å². The largest absolute Gasteiger partial charge is 0.435 e. The minimum absolute atomic E-state index is 0.0312. The van der Waals surface area contributed by atoms with Gasteiger partial charge in [0.2, 0.25) is 0 Å². The highest BCUT2D eigenvalue weighted by Crippen LogP contribution is 2.26. The molecule has 0 fully saturated rings. The monoisotopic (exact) mass is 248 g/mol. The second kappa shape index (κ2) is 5.62. The van der Waals surface area contributed by atoms with Gasteiger partial charge in [-0.2, -0.15) is 18.3 Å². The van der Waals surface area contributed by atoms with Gasteiger partial charge in [0, 0.05) is 6.07 Å². The minimum Gasteiger partial charge on any atom is -0.375 e. The Balaban J connectivity index is 2.77. The van der Waals surface area contributed by atoms with Crippen molar-refractivity contribution < 1.29 is 17.9 Å². The Morgan fingerprint density at radius 1 is 1.47 bits per heavy atom. The maximum absolute atomic E-state index is 12.3. The zero-order chi connectivity index (χ0) is 12.9. The Labute approximate surface area is 95.3 Å². The fraction of sp³-hybridized carbons (Fsp3) is 0.400. The summed E-state index contributed by atoms with van der Waals surface area (Å²) in [6.07, 6.45) is -3.06. The van der Waals surface area contributed by atoms with E-state index in [0.717, 1.165) is 10.7 Å². The maximum atomic E-state index is 12.3. The van der Waals surface area contributed by atoms with Crippen molar-refractivity contribution in [2.75, 3.05) is 13.2 Å². The first-order valence-electron chi connectivity index (χ1n) is 4.79. The summed E-state index contributed by atoms with van der Waals surface area (Å²) in [4.78, 5) is 11.2. The first kappa shape index (κ1) is 13.4. The zero-order valence-electron chi connectivity index (χ0n) is 8.91. The van der Waals surface area contributed by atoms with E-state index in [4.69, 9.17) is 4.74 Å². The molecule has 0 aliphatic heterocycles. The van der Waals surface area contributed by atoms with E-state index in [-0.39, 0.29) is 19.8 Å². The number of alkyl halides is 3. The molecule has 4 nitrogen and oxygen atoms in total. The van der Waals surface area contributed by atoms with Gasteiger partial charge in [-0.25, -0.2) is 4.68 Å². The summed E-state index contributed by atoms with van der Waals surface area (Å²) in [5.74, 6) is 0. The van der Waals surface area contributed by atoms with E-state index < -0.39 is 17.4 Å². The molecule has 0 saturated heterocycles. The highest BCUT2D eigenvalue weighted by atomic mass is 19.4. The van der Waals surface area contributed by atoms with Crippen LogP contribution >= 0.6 is 0 Å². The Hall–Kier alpha value is -1.63. The second-order valence-electron chi connectivity index (χ2n) is 3.14. The third-order valence-corrected chi connectivity index (χ3v) is 1.84. The molecule has 0 N–H and O–H groups in total. The molecular weight excluding hydrogens is 237 g/mol. The molecule has 0 amide bonds. The van der Waals surface area contributed by atoms with Crippen LogP contribution in [0.3, 0.4) is 0 Å². The summed E-state index contributed by atoms with van der Waals surface area (Å²) in [6, 6.07) is 1.49. The van der Waals surface area contributed by atoms with Crippen LogP contribution in [-0.2, 0) is 17.5 Å². The minimum atomic E-state index is -4.56. The lowest BCUT2D eigenvalue weighted by Crippen LogP contribution is -2.27. The summed E-state index contributed by atoms with van der Waals surface area (Å²) in [7, 11) is 0. The van der Waals surface area contributed by atoms with Crippen LogP contribution in [0, 0.1) is 0 Å². The van der Waals surface area contributed by atoms with Crippen molar-refractivity contribution in [3.63, 3.8) is 0 Å². The van der Waals surface area contributed by atoms with Crippen molar-refractivity contribution in [1.29, 1.82) is 0 Å². The average molecular weight is 248 g/mol. The van der Waals surface area contributed by atoms with Gasteiger partial charge in [-0.05, 0) is 6.07 Å². The van der Waals surface area contributed by atoms with E-state index in [1.807, 2.05) is 0 Å². The molecule has 0 saturated carbocycles. The molecule has 0 unspecified atom stereocenters. The normalized spacial score (nSPS) is 11.5. The molecule has 0 aromatic carbocycles. The van der Waals surface area contributed by atoms with E-state index in [2.05, 4.69) is 11.7 Å². The number of aromatic nitrogens is 2. The van der Waals surface area contributed by atoms with Crippen LogP contribution in [0.1, 0.15) is 5.69 Å². The molecule has 7 heteroatoms. The molecule has 0 aliphatic rings. The number of hydrogen-bond acceptors (Lipinski definition) is 3. The van der Waals surface area contributed by atoms with Gasteiger partial charge in [0.05, 0.1) is 19.8 Å². The molecule has 0 spiro atoms. The lowest BCUT2D eigenvalue weighted by molar-refractivity contribution is -0.142. The van der Waals surface area contributed by atoms with E-state index in [1.54, 1.807) is 0 Å². The highest BCUT2D eigenvalue weighted by Gasteiger charge is 2.33. The van der Waals surface area contributed by atoms with Gasteiger partial charge in [0.25, 0.3) is 5.56 Å². The quantitative estimate of drug-likeness (QED) is 0.585. The molecule has 94 valence electrons. The van der Waals surface area contributed by atoms with Gasteiger partial charge >= 0.3 is 6.18 Å². The lowest BCUT2D eigenvalue weighted by atomic mass is 10.4. The van der Waals surface area contributed by atoms with Crippen LogP contribution in [0.25, 0.3) is 0 Å². The Morgan fingerprint density at radius 3 is 2.76 bits per heavy atom. The SMILES string of the molecule is C=CCOCCn1nc(C(F)(F)F)ccc1=O. The van der Waals surface area contributed by atoms with E-state index in [1.165, 1.54) is 6.08 Å². The molecule has 0 radical (unpaired) electrons. The van der Waals surface area contributed by atoms with Crippen molar-refractivity contribution in [1.82, 2.24) is 9.78 Å². The number of nitrogens with zero attached hydrogens (tertiary/aromatic N) is 2. The number of hydrogen-bond donors (Lipinski definition) is 0. The van der Waals surface area contributed by atoms with Crippen LogP contribution in [0.4, 0.5) is 13.2 Å². The molecule has 0 aliphatic carbocycles. The second-order valence-corrected chi connectivity index (χ2v) is 3.14. The molecule has 17 heavy (non-hydrogen) atoms. The van der Waals surface area contributed by atoms with Gasteiger partial charge in [0.1, 0.15) is 0 Å². The fourth-order valence-electron chi connectivity index (χ4n) is 1.08. The molecule has 1 aromatic heterocycles. The molecule has 1 heterocycles. The number of rotatable bonds is 5. The molecular formula is C10H11F3N2O2.